The van der Waals surface area contributed by atoms with Gasteiger partial charge in [0.25, 0.3) is 5.91 Å². The Morgan fingerprint density at radius 3 is 2.37 bits per heavy atom. The molecule has 3 heterocycles. The van der Waals surface area contributed by atoms with E-state index in [1.54, 1.807) is 37.5 Å². The minimum atomic E-state index is -0.0375. The highest BCUT2D eigenvalue weighted by molar-refractivity contribution is 5.93. The minimum Gasteiger partial charge on any atom is -0.353 e. The largest absolute Gasteiger partial charge is 0.353 e. The average Bonchev–Trinajstić information content (AvgIpc) is 2.72. The van der Waals surface area contributed by atoms with E-state index in [0.717, 1.165) is 30.9 Å². The molecule has 2 amide bonds. The first kappa shape index (κ1) is 18.8. The summed E-state index contributed by atoms with van der Waals surface area (Å²) in [6.45, 7) is 5.15. The van der Waals surface area contributed by atoms with E-state index in [1.807, 2.05) is 29.2 Å². The van der Waals surface area contributed by atoms with Crippen LogP contribution in [-0.2, 0) is 11.2 Å². The number of rotatable bonds is 5. The maximum atomic E-state index is 12.6. The maximum absolute atomic E-state index is 12.6. The molecule has 0 aliphatic carbocycles. The lowest BCUT2D eigenvalue weighted by Crippen LogP contribution is -2.48. The number of piperazine rings is 1. The second-order valence-electron chi connectivity index (χ2n) is 6.73. The van der Waals surface area contributed by atoms with Gasteiger partial charge in [0.05, 0.1) is 5.56 Å². The SMILES string of the molecule is CC(=O)N1CCN(c2ccc(C(=O)N(C)CCc3ccncc3)cn2)CC1. The quantitative estimate of drug-likeness (QED) is 0.800. The third kappa shape index (κ3) is 4.81. The zero-order valence-electron chi connectivity index (χ0n) is 15.8. The monoisotopic (exact) mass is 367 g/mol. The van der Waals surface area contributed by atoms with E-state index in [9.17, 15) is 9.59 Å². The molecule has 0 saturated carbocycles. The van der Waals surface area contributed by atoms with E-state index in [0.29, 0.717) is 25.2 Å². The second kappa shape index (κ2) is 8.62. The van der Waals surface area contributed by atoms with Crippen molar-refractivity contribution in [3.05, 3.63) is 54.0 Å². The van der Waals surface area contributed by atoms with Crippen LogP contribution in [0.25, 0.3) is 0 Å². The van der Waals surface area contributed by atoms with Crippen molar-refractivity contribution in [1.29, 1.82) is 0 Å². The molecule has 0 unspecified atom stereocenters. The van der Waals surface area contributed by atoms with Gasteiger partial charge in [0, 0.05) is 65.3 Å². The van der Waals surface area contributed by atoms with E-state index in [1.165, 1.54) is 0 Å². The zero-order valence-corrected chi connectivity index (χ0v) is 15.8. The molecule has 0 N–H and O–H groups in total. The van der Waals surface area contributed by atoms with Gasteiger partial charge >= 0.3 is 0 Å². The van der Waals surface area contributed by atoms with Crippen LogP contribution in [0.4, 0.5) is 5.82 Å². The molecule has 7 heteroatoms. The molecule has 1 saturated heterocycles. The van der Waals surface area contributed by atoms with Crippen molar-refractivity contribution in [2.45, 2.75) is 13.3 Å². The predicted molar refractivity (Wildman–Crippen MR) is 104 cm³/mol. The lowest BCUT2D eigenvalue weighted by molar-refractivity contribution is -0.129. The molecule has 2 aromatic rings. The summed E-state index contributed by atoms with van der Waals surface area (Å²) in [6, 6.07) is 7.62. The number of anilines is 1. The van der Waals surface area contributed by atoms with Gasteiger partial charge < -0.3 is 14.7 Å². The highest BCUT2D eigenvalue weighted by Gasteiger charge is 2.20. The first-order chi connectivity index (χ1) is 13.0. The lowest BCUT2D eigenvalue weighted by atomic mass is 10.2. The Bertz CT molecular complexity index is 771. The molecule has 0 atom stereocenters. The number of likely N-dealkylation sites (N-methyl/N-ethyl adjacent to an activating group) is 1. The summed E-state index contributed by atoms with van der Waals surface area (Å²) in [4.78, 5) is 38.2. The smallest absolute Gasteiger partial charge is 0.255 e. The fraction of sp³-hybridized carbons (Fsp3) is 0.400. The number of aromatic nitrogens is 2. The number of carbonyl (C=O) groups is 2. The number of pyridine rings is 2. The molecular weight excluding hydrogens is 342 g/mol. The van der Waals surface area contributed by atoms with Gasteiger partial charge in [0.2, 0.25) is 5.91 Å². The summed E-state index contributed by atoms with van der Waals surface area (Å²) >= 11 is 0. The van der Waals surface area contributed by atoms with Crippen molar-refractivity contribution in [3.8, 4) is 0 Å². The van der Waals surface area contributed by atoms with Crippen molar-refractivity contribution < 1.29 is 9.59 Å². The van der Waals surface area contributed by atoms with Crippen LogP contribution in [0.5, 0.6) is 0 Å². The molecule has 0 spiro atoms. The van der Waals surface area contributed by atoms with Crippen LogP contribution in [0, 0.1) is 0 Å². The summed E-state index contributed by atoms with van der Waals surface area (Å²) in [5.41, 5.74) is 1.74. The normalized spacial score (nSPS) is 14.1. The molecule has 0 bridgehead atoms. The van der Waals surface area contributed by atoms with Crippen molar-refractivity contribution in [1.82, 2.24) is 19.8 Å². The molecule has 0 aromatic carbocycles. The third-order valence-corrected chi connectivity index (χ3v) is 4.88. The van der Waals surface area contributed by atoms with Gasteiger partial charge in [0.1, 0.15) is 5.82 Å². The van der Waals surface area contributed by atoms with Crippen molar-refractivity contribution in [2.75, 3.05) is 44.7 Å². The number of carbonyl (C=O) groups excluding carboxylic acids is 2. The van der Waals surface area contributed by atoms with Gasteiger partial charge in [-0.1, -0.05) is 0 Å². The van der Waals surface area contributed by atoms with Crippen molar-refractivity contribution in [2.24, 2.45) is 0 Å². The van der Waals surface area contributed by atoms with Gasteiger partial charge in [-0.3, -0.25) is 14.6 Å². The van der Waals surface area contributed by atoms with E-state index in [-0.39, 0.29) is 11.8 Å². The van der Waals surface area contributed by atoms with Crippen LogP contribution < -0.4 is 4.90 Å². The minimum absolute atomic E-state index is 0.0375. The van der Waals surface area contributed by atoms with Crippen LogP contribution in [0.2, 0.25) is 0 Å². The Morgan fingerprint density at radius 1 is 1.07 bits per heavy atom. The summed E-state index contributed by atoms with van der Waals surface area (Å²) < 4.78 is 0. The Labute approximate surface area is 159 Å². The fourth-order valence-electron chi connectivity index (χ4n) is 3.12. The maximum Gasteiger partial charge on any atom is 0.255 e. The average molecular weight is 367 g/mol. The van der Waals surface area contributed by atoms with E-state index in [2.05, 4.69) is 14.9 Å². The summed E-state index contributed by atoms with van der Waals surface area (Å²) in [6.07, 6.45) is 5.95. The Balaban J connectivity index is 1.55. The summed E-state index contributed by atoms with van der Waals surface area (Å²) in [5, 5.41) is 0. The molecule has 27 heavy (non-hydrogen) atoms. The fourth-order valence-corrected chi connectivity index (χ4v) is 3.12. The molecule has 142 valence electrons. The molecule has 1 aliphatic rings. The molecule has 7 nitrogen and oxygen atoms in total. The van der Waals surface area contributed by atoms with E-state index < -0.39 is 0 Å². The number of hydrogen-bond donors (Lipinski definition) is 0. The molecule has 1 fully saturated rings. The topological polar surface area (TPSA) is 69.6 Å². The van der Waals surface area contributed by atoms with Crippen molar-refractivity contribution in [3.63, 3.8) is 0 Å². The Morgan fingerprint density at radius 2 is 1.78 bits per heavy atom. The number of nitrogens with zero attached hydrogens (tertiary/aromatic N) is 5. The van der Waals surface area contributed by atoms with E-state index in [4.69, 9.17) is 0 Å². The van der Waals surface area contributed by atoms with Gasteiger partial charge in [-0.05, 0) is 36.2 Å². The van der Waals surface area contributed by atoms with Crippen LogP contribution in [-0.4, -0.2) is 71.4 Å². The highest BCUT2D eigenvalue weighted by Crippen LogP contribution is 2.15. The first-order valence-corrected chi connectivity index (χ1v) is 9.15. The molecule has 1 aliphatic heterocycles. The van der Waals surface area contributed by atoms with Gasteiger partial charge in [-0.2, -0.15) is 0 Å². The van der Waals surface area contributed by atoms with Gasteiger partial charge in [-0.15, -0.1) is 0 Å². The standard InChI is InChI=1S/C20H25N5O2/c1-16(26)24-11-13-25(14-12-24)19-4-3-18(15-22-19)20(27)23(2)10-7-17-5-8-21-9-6-17/h3-6,8-9,15H,7,10-14H2,1-2H3. The third-order valence-electron chi connectivity index (χ3n) is 4.88. The summed E-state index contributed by atoms with van der Waals surface area (Å²) in [7, 11) is 1.80. The lowest BCUT2D eigenvalue weighted by Gasteiger charge is -2.34. The predicted octanol–water partition coefficient (Wildman–Crippen LogP) is 1.46. The molecule has 2 aromatic heterocycles. The van der Waals surface area contributed by atoms with Gasteiger partial charge in [-0.25, -0.2) is 4.98 Å². The van der Waals surface area contributed by atoms with Crippen molar-refractivity contribution >= 4 is 17.6 Å². The number of amides is 2. The van der Waals surface area contributed by atoms with Crippen LogP contribution in [0.3, 0.4) is 0 Å². The molecule has 3 rings (SSSR count). The molecular formula is C20H25N5O2. The van der Waals surface area contributed by atoms with Crippen LogP contribution in [0.15, 0.2) is 42.9 Å². The summed E-state index contributed by atoms with van der Waals surface area (Å²) in [5.74, 6) is 0.914. The number of hydrogen-bond acceptors (Lipinski definition) is 5. The second-order valence-corrected chi connectivity index (χ2v) is 6.73. The van der Waals surface area contributed by atoms with Crippen LogP contribution in [0.1, 0.15) is 22.8 Å². The van der Waals surface area contributed by atoms with E-state index >= 15 is 0 Å². The van der Waals surface area contributed by atoms with Gasteiger partial charge in [0.15, 0.2) is 0 Å². The van der Waals surface area contributed by atoms with Crippen LogP contribution >= 0.6 is 0 Å². The first-order valence-electron chi connectivity index (χ1n) is 9.15. The Hall–Kier alpha value is -2.96. The Kier molecular flexibility index (Phi) is 6.01. The zero-order chi connectivity index (χ0) is 19.2. The molecule has 0 radical (unpaired) electrons. The highest BCUT2D eigenvalue weighted by atomic mass is 16.2.